The van der Waals surface area contributed by atoms with Crippen molar-refractivity contribution in [2.75, 3.05) is 12.9 Å². The van der Waals surface area contributed by atoms with Crippen LogP contribution in [0.3, 0.4) is 0 Å². The summed E-state index contributed by atoms with van der Waals surface area (Å²) in [4.78, 5) is 0. The van der Waals surface area contributed by atoms with E-state index in [1.165, 1.54) is 37.7 Å². The molecule has 1 saturated carbocycles. The Labute approximate surface area is 120 Å². The molecule has 0 radical (unpaired) electrons. The van der Waals surface area contributed by atoms with E-state index in [2.05, 4.69) is 29.3 Å². The average Bonchev–Trinajstić information content (AvgIpc) is 2.49. The van der Waals surface area contributed by atoms with E-state index in [0.717, 1.165) is 16.8 Å². The van der Waals surface area contributed by atoms with Crippen molar-refractivity contribution in [1.29, 1.82) is 0 Å². The van der Waals surface area contributed by atoms with Gasteiger partial charge in [-0.2, -0.15) is 11.8 Å². The van der Waals surface area contributed by atoms with Gasteiger partial charge in [0.2, 0.25) is 0 Å². The molecule has 3 nitrogen and oxygen atoms in total. The molecule has 0 aromatic heterocycles. The highest BCUT2D eigenvalue weighted by atomic mass is 32.2. The van der Waals surface area contributed by atoms with E-state index in [9.17, 15) is 0 Å². The third-order valence-electron chi connectivity index (χ3n) is 3.77. The zero-order valence-electron chi connectivity index (χ0n) is 11.6. The molecule has 0 bridgehead atoms. The summed E-state index contributed by atoms with van der Waals surface area (Å²) in [7, 11) is 1.69. The van der Waals surface area contributed by atoms with Gasteiger partial charge in [0.1, 0.15) is 5.75 Å². The normalized spacial score (nSPS) is 18.2. The van der Waals surface area contributed by atoms with E-state index in [4.69, 9.17) is 10.6 Å². The number of ether oxygens (including phenoxy) is 1. The van der Waals surface area contributed by atoms with Gasteiger partial charge in [-0.05, 0) is 30.5 Å². The molecule has 0 heterocycles. The first-order chi connectivity index (χ1) is 9.33. The molecule has 1 aromatic carbocycles. The molecule has 1 aliphatic carbocycles. The lowest BCUT2D eigenvalue weighted by Crippen LogP contribution is -2.30. The Morgan fingerprint density at radius 3 is 2.53 bits per heavy atom. The minimum Gasteiger partial charge on any atom is -0.497 e. The van der Waals surface area contributed by atoms with Crippen LogP contribution in [0.25, 0.3) is 0 Å². The summed E-state index contributed by atoms with van der Waals surface area (Å²) in [6.45, 7) is 0. The van der Waals surface area contributed by atoms with Gasteiger partial charge in [0.15, 0.2) is 0 Å². The molecule has 19 heavy (non-hydrogen) atoms. The van der Waals surface area contributed by atoms with E-state index in [1.54, 1.807) is 7.11 Å². The summed E-state index contributed by atoms with van der Waals surface area (Å²) in [5.41, 5.74) is 4.16. The smallest absolute Gasteiger partial charge is 0.118 e. The van der Waals surface area contributed by atoms with Crippen molar-refractivity contribution in [2.45, 2.75) is 43.4 Å². The second-order valence-corrected chi connectivity index (χ2v) is 6.42. The van der Waals surface area contributed by atoms with Crippen LogP contribution in [0, 0.1) is 0 Å². The largest absolute Gasteiger partial charge is 0.497 e. The molecule has 0 spiro atoms. The number of methoxy groups -OCH3 is 1. The SMILES string of the molecule is COc1ccc(C(CSC2CCCCC2)NN)cc1. The molecule has 2 rings (SSSR count). The van der Waals surface area contributed by atoms with Crippen molar-refractivity contribution in [3.05, 3.63) is 29.8 Å². The zero-order valence-corrected chi connectivity index (χ0v) is 12.4. The summed E-state index contributed by atoms with van der Waals surface area (Å²) in [6.07, 6.45) is 6.92. The number of thioether (sulfide) groups is 1. The number of hydrazine groups is 1. The van der Waals surface area contributed by atoms with Crippen LogP contribution in [0.4, 0.5) is 0 Å². The number of hydrogen-bond acceptors (Lipinski definition) is 4. The number of hydrogen-bond donors (Lipinski definition) is 2. The predicted octanol–water partition coefficient (Wildman–Crippen LogP) is 3.27. The fraction of sp³-hybridized carbons (Fsp3) is 0.600. The van der Waals surface area contributed by atoms with Crippen LogP contribution in [0.5, 0.6) is 5.75 Å². The van der Waals surface area contributed by atoms with Crippen molar-refractivity contribution in [1.82, 2.24) is 5.43 Å². The minimum atomic E-state index is 0.220. The van der Waals surface area contributed by atoms with E-state index in [1.807, 2.05) is 12.1 Å². The first kappa shape index (κ1) is 14.7. The molecular weight excluding hydrogens is 256 g/mol. The maximum absolute atomic E-state index is 5.70. The summed E-state index contributed by atoms with van der Waals surface area (Å²) >= 11 is 2.06. The highest BCUT2D eigenvalue weighted by molar-refractivity contribution is 7.99. The van der Waals surface area contributed by atoms with Crippen LogP contribution in [0.2, 0.25) is 0 Å². The fourth-order valence-electron chi connectivity index (χ4n) is 2.54. The molecule has 1 aliphatic rings. The Morgan fingerprint density at radius 2 is 1.95 bits per heavy atom. The number of nitrogens with one attached hydrogen (secondary N) is 1. The topological polar surface area (TPSA) is 47.3 Å². The van der Waals surface area contributed by atoms with Gasteiger partial charge >= 0.3 is 0 Å². The Balaban J connectivity index is 1.87. The van der Waals surface area contributed by atoms with Crippen LogP contribution in [0.1, 0.15) is 43.7 Å². The van der Waals surface area contributed by atoms with Gasteiger partial charge < -0.3 is 4.74 Å². The molecular formula is C15H24N2OS. The van der Waals surface area contributed by atoms with Crippen molar-refractivity contribution >= 4 is 11.8 Å². The average molecular weight is 280 g/mol. The molecule has 1 fully saturated rings. The molecule has 0 saturated heterocycles. The summed E-state index contributed by atoms with van der Waals surface area (Å²) in [6, 6.07) is 8.38. The number of nitrogens with two attached hydrogens (primary N) is 1. The fourth-order valence-corrected chi connectivity index (χ4v) is 3.96. The van der Waals surface area contributed by atoms with E-state index < -0.39 is 0 Å². The summed E-state index contributed by atoms with van der Waals surface area (Å²) in [5, 5.41) is 0.822. The molecule has 0 aliphatic heterocycles. The minimum absolute atomic E-state index is 0.220. The third kappa shape index (κ3) is 4.41. The maximum Gasteiger partial charge on any atom is 0.118 e. The number of rotatable bonds is 6. The van der Waals surface area contributed by atoms with Gasteiger partial charge in [0.25, 0.3) is 0 Å². The Hall–Kier alpha value is -0.710. The van der Waals surface area contributed by atoms with Crippen LogP contribution >= 0.6 is 11.8 Å². The summed E-state index contributed by atoms with van der Waals surface area (Å²) < 4.78 is 5.18. The lowest BCUT2D eigenvalue weighted by molar-refractivity contribution is 0.414. The summed E-state index contributed by atoms with van der Waals surface area (Å²) in [5.74, 6) is 7.62. The highest BCUT2D eigenvalue weighted by Crippen LogP contribution is 2.31. The standard InChI is InChI=1S/C15H24N2OS/c1-18-13-9-7-12(8-10-13)15(17-16)11-19-14-5-3-2-4-6-14/h7-10,14-15,17H,2-6,11,16H2,1H3. The van der Waals surface area contributed by atoms with Crippen molar-refractivity contribution in [2.24, 2.45) is 5.84 Å². The van der Waals surface area contributed by atoms with Gasteiger partial charge in [-0.25, -0.2) is 0 Å². The Morgan fingerprint density at radius 1 is 1.26 bits per heavy atom. The van der Waals surface area contributed by atoms with Crippen LogP contribution in [-0.4, -0.2) is 18.1 Å². The van der Waals surface area contributed by atoms with Gasteiger partial charge in [0, 0.05) is 11.0 Å². The van der Waals surface area contributed by atoms with Crippen molar-refractivity contribution in [3.63, 3.8) is 0 Å². The Kier molecular flexibility index (Phi) is 6.01. The van der Waals surface area contributed by atoms with E-state index in [-0.39, 0.29) is 6.04 Å². The van der Waals surface area contributed by atoms with E-state index >= 15 is 0 Å². The van der Waals surface area contributed by atoms with Crippen LogP contribution in [-0.2, 0) is 0 Å². The lowest BCUT2D eigenvalue weighted by atomic mass is 10.0. The van der Waals surface area contributed by atoms with Gasteiger partial charge in [-0.15, -0.1) is 0 Å². The van der Waals surface area contributed by atoms with Crippen LogP contribution in [0.15, 0.2) is 24.3 Å². The second-order valence-electron chi connectivity index (χ2n) is 5.09. The predicted molar refractivity (Wildman–Crippen MR) is 82.4 cm³/mol. The van der Waals surface area contributed by atoms with Crippen LogP contribution < -0.4 is 16.0 Å². The first-order valence-corrected chi connectivity index (χ1v) is 8.10. The molecule has 0 amide bonds. The molecule has 3 N–H and O–H groups in total. The lowest BCUT2D eigenvalue weighted by Gasteiger charge is -2.24. The zero-order chi connectivity index (χ0) is 13.5. The molecule has 106 valence electrons. The quantitative estimate of drug-likeness (QED) is 0.620. The van der Waals surface area contributed by atoms with Gasteiger partial charge in [-0.3, -0.25) is 11.3 Å². The first-order valence-electron chi connectivity index (χ1n) is 7.05. The van der Waals surface area contributed by atoms with Crippen molar-refractivity contribution < 1.29 is 4.74 Å². The molecule has 1 aromatic rings. The molecule has 1 atom stereocenters. The maximum atomic E-state index is 5.70. The monoisotopic (exact) mass is 280 g/mol. The highest BCUT2D eigenvalue weighted by Gasteiger charge is 2.17. The number of benzene rings is 1. The Bertz CT molecular complexity index is 363. The van der Waals surface area contributed by atoms with E-state index in [0.29, 0.717) is 0 Å². The van der Waals surface area contributed by atoms with Gasteiger partial charge in [-0.1, -0.05) is 31.4 Å². The van der Waals surface area contributed by atoms with Crippen molar-refractivity contribution in [3.8, 4) is 5.75 Å². The molecule has 1 unspecified atom stereocenters. The van der Waals surface area contributed by atoms with Gasteiger partial charge in [0.05, 0.1) is 13.2 Å². The third-order valence-corrected chi connectivity index (χ3v) is 5.24. The second kappa shape index (κ2) is 7.78. The molecule has 4 heteroatoms.